The molecule has 0 spiro atoms. The first-order chi connectivity index (χ1) is 7.41. The van der Waals surface area contributed by atoms with E-state index >= 15 is 0 Å². The Labute approximate surface area is 99.9 Å². The number of hydrogen-bond acceptors (Lipinski definition) is 3. The van der Waals surface area contributed by atoms with Gasteiger partial charge < -0.3 is 14.6 Å². The largest absolute Gasteiger partial charge is 0.486 e. The molecule has 0 unspecified atom stereocenters. The Morgan fingerprint density at radius 3 is 2.56 bits per heavy atom. The van der Waals surface area contributed by atoms with Gasteiger partial charge in [-0.2, -0.15) is 0 Å². The van der Waals surface area contributed by atoms with E-state index in [1.54, 1.807) is 19.9 Å². The van der Waals surface area contributed by atoms with Gasteiger partial charge in [0.15, 0.2) is 11.5 Å². The van der Waals surface area contributed by atoms with E-state index in [0.29, 0.717) is 29.7 Å². The molecule has 0 saturated heterocycles. The molecular formula is C12H15ClO3. The summed E-state index contributed by atoms with van der Waals surface area (Å²) in [6.45, 7) is 6.34. The molecule has 1 aromatic carbocycles. The molecule has 0 radical (unpaired) electrons. The van der Waals surface area contributed by atoms with Gasteiger partial charge in [0.05, 0.1) is 10.6 Å². The summed E-state index contributed by atoms with van der Waals surface area (Å²) in [7, 11) is 0. The van der Waals surface area contributed by atoms with Gasteiger partial charge in [-0.25, -0.2) is 0 Å². The maximum absolute atomic E-state index is 10.0. The first kappa shape index (κ1) is 11.6. The van der Waals surface area contributed by atoms with Gasteiger partial charge in [0, 0.05) is 0 Å². The topological polar surface area (TPSA) is 38.7 Å². The van der Waals surface area contributed by atoms with Crippen molar-refractivity contribution in [3.8, 4) is 11.5 Å². The summed E-state index contributed by atoms with van der Waals surface area (Å²) < 4.78 is 10.9. The molecule has 88 valence electrons. The zero-order valence-electron chi connectivity index (χ0n) is 9.63. The van der Waals surface area contributed by atoms with Crippen molar-refractivity contribution in [2.45, 2.75) is 26.4 Å². The molecule has 0 aromatic heterocycles. The summed E-state index contributed by atoms with van der Waals surface area (Å²) in [5.74, 6) is 1.19. The van der Waals surface area contributed by atoms with E-state index in [4.69, 9.17) is 21.1 Å². The zero-order chi connectivity index (χ0) is 11.9. The molecule has 1 aromatic rings. The van der Waals surface area contributed by atoms with E-state index in [1.165, 1.54) is 0 Å². The highest BCUT2D eigenvalue weighted by Crippen LogP contribution is 2.43. The number of rotatable bonds is 1. The van der Waals surface area contributed by atoms with Crippen LogP contribution in [0.15, 0.2) is 6.07 Å². The van der Waals surface area contributed by atoms with Crippen LogP contribution in [-0.2, 0) is 5.60 Å². The highest BCUT2D eigenvalue weighted by atomic mass is 35.5. The molecule has 1 aliphatic heterocycles. The van der Waals surface area contributed by atoms with Gasteiger partial charge in [-0.1, -0.05) is 11.6 Å². The summed E-state index contributed by atoms with van der Waals surface area (Å²) in [5.41, 5.74) is 0.656. The minimum absolute atomic E-state index is 0.508. The third kappa shape index (κ3) is 1.85. The Kier molecular flexibility index (Phi) is 2.76. The molecule has 0 amide bonds. The van der Waals surface area contributed by atoms with Crippen LogP contribution in [0, 0.1) is 6.92 Å². The fourth-order valence-corrected chi connectivity index (χ4v) is 2.12. The highest BCUT2D eigenvalue weighted by Gasteiger charge is 2.26. The Morgan fingerprint density at radius 2 is 1.94 bits per heavy atom. The maximum Gasteiger partial charge on any atom is 0.180 e. The number of halogens is 1. The molecule has 0 saturated carbocycles. The molecule has 3 nitrogen and oxygen atoms in total. The quantitative estimate of drug-likeness (QED) is 0.823. The van der Waals surface area contributed by atoms with Gasteiger partial charge in [-0.05, 0) is 38.0 Å². The molecular weight excluding hydrogens is 228 g/mol. The van der Waals surface area contributed by atoms with Crippen LogP contribution >= 0.6 is 11.6 Å². The van der Waals surface area contributed by atoms with Crippen LogP contribution in [0.25, 0.3) is 0 Å². The number of benzene rings is 1. The van der Waals surface area contributed by atoms with Crippen LogP contribution in [0.5, 0.6) is 11.5 Å². The van der Waals surface area contributed by atoms with E-state index in [2.05, 4.69) is 0 Å². The molecule has 2 rings (SSSR count). The van der Waals surface area contributed by atoms with E-state index < -0.39 is 5.60 Å². The zero-order valence-corrected chi connectivity index (χ0v) is 10.4. The molecule has 1 heterocycles. The molecule has 1 N–H and O–H groups in total. The summed E-state index contributed by atoms with van der Waals surface area (Å²) in [5, 5.41) is 10.6. The molecule has 0 aliphatic carbocycles. The second-order valence-corrected chi connectivity index (χ2v) is 4.82. The maximum atomic E-state index is 10.0. The fourth-order valence-electron chi connectivity index (χ4n) is 1.87. The lowest BCUT2D eigenvalue weighted by atomic mass is 9.93. The number of ether oxygens (including phenoxy) is 2. The predicted octanol–water partition coefficient (Wildman–Crippen LogP) is 2.65. The van der Waals surface area contributed by atoms with Crippen LogP contribution in [0.4, 0.5) is 0 Å². The van der Waals surface area contributed by atoms with Gasteiger partial charge in [0.1, 0.15) is 13.2 Å². The summed E-state index contributed by atoms with van der Waals surface area (Å²) in [6.07, 6.45) is 0. The van der Waals surface area contributed by atoms with Gasteiger partial charge in [0.2, 0.25) is 0 Å². The van der Waals surface area contributed by atoms with Crippen molar-refractivity contribution < 1.29 is 14.6 Å². The van der Waals surface area contributed by atoms with Crippen molar-refractivity contribution >= 4 is 11.6 Å². The fraction of sp³-hybridized carbons (Fsp3) is 0.500. The SMILES string of the molecule is Cc1c(C(C)(C)O)cc2c(c1Cl)OCCO2. The second kappa shape index (κ2) is 3.82. The average molecular weight is 243 g/mol. The molecule has 4 heteroatoms. The Balaban J connectivity index is 2.62. The lowest BCUT2D eigenvalue weighted by molar-refractivity contribution is 0.0769. The first-order valence-electron chi connectivity index (χ1n) is 5.23. The molecule has 1 aliphatic rings. The Morgan fingerprint density at radius 1 is 1.31 bits per heavy atom. The van der Waals surface area contributed by atoms with Crippen LogP contribution < -0.4 is 9.47 Å². The van der Waals surface area contributed by atoms with Crippen molar-refractivity contribution in [3.05, 3.63) is 22.2 Å². The lowest BCUT2D eigenvalue weighted by Crippen LogP contribution is -2.21. The van der Waals surface area contributed by atoms with E-state index in [-0.39, 0.29) is 0 Å². The van der Waals surface area contributed by atoms with Crippen molar-refractivity contribution in [3.63, 3.8) is 0 Å². The Hall–Kier alpha value is -0.930. The average Bonchev–Trinajstić information content (AvgIpc) is 2.22. The van der Waals surface area contributed by atoms with Gasteiger partial charge in [-0.3, -0.25) is 0 Å². The number of aliphatic hydroxyl groups is 1. The third-order valence-corrected chi connectivity index (χ3v) is 3.13. The number of hydrogen-bond donors (Lipinski definition) is 1. The van der Waals surface area contributed by atoms with Crippen LogP contribution in [-0.4, -0.2) is 18.3 Å². The third-order valence-electron chi connectivity index (χ3n) is 2.68. The standard InChI is InChI=1S/C12H15ClO3/c1-7-8(12(2,3)14)6-9-11(10(7)13)16-5-4-15-9/h6,14H,4-5H2,1-3H3. The first-order valence-corrected chi connectivity index (χ1v) is 5.60. The summed E-state index contributed by atoms with van der Waals surface area (Å²) in [6, 6.07) is 1.80. The van der Waals surface area contributed by atoms with E-state index in [0.717, 1.165) is 11.1 Å². The van der Waals surface area contributed by atoms with Gasteiger partial charge >= 0.3 is 0 Å². The Bertz CT molecular complexity index is 421. The second-order valence-electron chi connectivity index (χ2n) is 4.45. The number of fused-ring (bicyclic) bond motifs is 1. The summed E-state index contributed by atoms with van der Waals surface area (Å²) >= 11 is 6.21. The monoisotopic (exact) mass is 242 g/mol. The minimum atomic E-state index is -0.941. The molecule has 16 heavy (non-hydrogen) atoms. The van der Waals surface area contributed by atoms with Crippen molar-refractivity contribution in [2.75, 3.05) is 13.2 Å². The smallest absolute Gasteiger partial charge is 0.180 e. The van der Waals surface area contributed by atoms with Gasteiger partial charge in [-0.15, -0.1) is 0 Å². The molecule has 0 fully saturated rings. The van der Waals surface area contributed by atoms with E-state index in [1.807, 2.05) is 6.92 Å². The van der Waals surface area contributed by atoms with Crippen LogP contribution in [0.2, 0.25) is 5.02 Å². The van der Waals surface area contributed by atoms with Crippen molar-refractivity contribution in [1.29, 1.82) is 0 Å². The molecule has 0 atom stereocenters. The van der Waals surface area contributed by atoms with Crippen LogP contribution in [0.1, 0.15) is 25.0 Å². The van der Waals surface area contributed by atoms with Gasteiger partial charge in [0.25, 0.3) is 0 Å². The molecule has 0 bridgehead atoms. The lowest BCUT2D eigenvalue weighted by Gasteiger charge is -2.26. The highest BCUT2D eigenvalue weighted by molar-refractivity contribution is 6.33. The van der Waals surface area contributed by atoms with Crippen LogP contribution in [0.3, 0.4) is 0 Å². The normalized spacial score (nSPS) is 15.1. The van der Waals surface area contributed by atoms with Crippen molar-refractivity contribution in [2.24, 2.45) is 0 Å². The van der Waals surface area contributed by atoms with E-state index in [9.17, 15) is 5.11 Å². The predicted molar refractivity (Wildman–Crippen MR) is 62.4 cm³/mol. The summed E-state index contributed by atoms with van der Waals surface area (Å²) in [4.78, 5) is 0. The minimum Gasteiger partial charge on any atom is -0.486 e. The van der Waals surface area contributed by atoms with Crippen molar-refractivity contribution in [1.82, 2.24) is 0 Å².